The fourth-order valence-corrected chi connectivity index (χ4v) is 4.95. The number of rotatable bonds is 5. The molecule has 0 radical (unpaired) electrons. The SMILES string of the molecule is Cc1cc(S(=O)(=O)NCC2CCN(C)CC2)sc1CO. The van der Waals surface area contributed by atoms with Gasteiger partial charge in [0.05, 0.1) is 6.61 Å². The summed E-state index contributed by atoms with van der Waals surface area (Å²) in [5, 5.41) is 9.15. The van der Waals surface area contributed by atoms with Gasteiger partial charge in [0.2, 0.25) is 10.0 Å². The van der Waals surface area contributed by atoms with E-state index < -0.39 is 10.0 Å². The van der Waals surface area contributed by atoms with Crippen molar-refractivity contribution >= 4 is 21.4 Å². The maximum Gasteiger partial charge on any atom is 0.250 e. The van der Waals surface area contributed by atoms with Crippen LogP contribution >= 0.6 is 11.3 Å². The van der Waals surface area contributed by atoms with E-state index in [4.69, 9.17) is 5.11 Å². The van der Waals surface area contributed by atoms with Gasteiger partial charge < -0.3 is 10.0 Å². The van der Waals surface area contributed by atoms with Crippen molar-refractivity contribution in [3.63, 3.8) is 0 Å². The Kier molecular flexibility index (Phi) is 5.19. The summed E-state index contributed by atoms with van der Waals surface area (Å²) < 4.78 is 27.5. The Morgan fingerprint density at radius 3 is 2.65 bits per heavy atom. The molecular formula is C13H22N2O3S2. The van der Waals surface area contributed by atoms with Crippen LogP contribution in [-0.4, -0.2) is 45.1 Å². The van der Waals surface area contributed by atoms with E-state index in [2.05, 4.69) is 16.7 Å². The first-order valence-electron chi connectivity index (χ1n) is 6.80. The molecule has 2 heterocycles. The maximum atomic E-state index is 12.2. The zero-order valence-electron chi connectivity index (χ0n) is 11.9. The number of aliphatic hydroxyl groups is 1. The van der Waals surface area contributed by atoms with Gasteiger partial charge in [-0.25, -0.2) is 13.1 Å². The lowest BCUT2D eigenvalue weighted by molar-refractivity contribution is 0.220. The highest BCUT2D eigenvalue weighted by molar-refractivity contribution is 7.91. The summed E-state index contributed by atoms with van der Waals surface area (Å²) in [7, 11) is -1.35. The number of sulfonamides is 1. The lowest BCUT2D eigenvalue weighted by Crippen LogP contribution is -2.36. The Morgan fingerprint density at radius 1 is 1.45 bits per heavy atom. The van der Waals surface area contributed by atoms with Gasteiger partial charge in [0.25, 0.3) is 0 Å². The second-order valence-electron chi connectivity index (χ2n) is 5.43. The smallest absolute Gasteiger partial charge is 0.250 e. The molecule has 20 heavy (non-hydrogen) atoms. The Bertz CT molecular complexity index is 546. The van der Waals surface area contributed by atoms with E-state index in [0.717, 1.165) is 42.8 Å². The molecule has 0 saturated carbocycles. The summed E-state index contributed by atoms with van der Waals surface area (Å²) in [5.74, 6) is 0.416. The van der Waals surface area contributed by atoms with Crippen LogP contribution < -0.4 is 4.72 Å². The fourth-order valence-electron chi connectivity index (χ4n) is 2.34. The minimum atomic E-state index is -3.44. The van der Waals surface area contributed by atoms with Gasteiger partial charge in [-0.15, -0.1) is 11.3 Å². The molecule has 2 rings (SSSR count). The molecule has 0 amide bonds. The van der Waals surface area contributed by atoms with Gasteiger partial charge in [-0.1, -0.05) is 0 Å². The summed E-state index contributed by atoms with van der Waals surface area (Å²) in [5.41, 5.74) is 0.831. The van der Waals surface area contributed by atoms with Crippen LogP contribution in [0.5, 0.6) is 0 Å². The first-order valence-corrected chi connectivity index (χ1v) is 9.10. The second-order valence-corrected chi connectivity index (χ2v) is 8.56. The molecule has 0 atom stereocenters. The van der Waals surface area contributed by atoms with Crippen molar-refractivity contribution in [3.8, 4) is 0 Å². The lowest BCUT2D eigenvalue weighted by atomic mass is 9.98. The number of likely N-dealkylation sites (tertiary alicyclic amines) is 1. The van der Waals surface area contributed by atoms with E-state index in [1.54, 1.807) is 6.07 Å². The molecule has 0 aliphatic carbocycles. The van der Waals surface area contributed by atoms with E-state index in [1.165, 1.54) is 0 Å². The Morgan fingerprint density at radius 2 is 2.10 bits per heavy atom. The van der Waals surface area contributed by atoms with E-state index >= 15 is 0 Å². The van der Waals surface area contributed by atoms with Crippen LogP contribution in [0.1, 0.15) is 23.3 Å². The first-order chi connectivity index (χ1) is 9.42. The summed E-state index contributed by atoms with van der Waals surface area (Å²) in [6, 6.07) is 1.63. The predicted octanol–water partition coefficient (Wildman–Crippen LogP) is 1.17. The highest BCUT2D eigenvalue weighted by atomic mass is 32.2. The number of aliphatic hydroxyl groups excluding tert-OH is 1. The standard InChI is InChI=1S/C13H22N2O3S2/c1-10-7-13(19-12(10)9-16)20(17,18)14-8-11-3-5-15(2)6-4-11/h7,11,14,16H,3-6,8-9H2,1-2H3. The molecule has 1 aliphatic rings. The minimum absolute atomic E-state index is 0.110. The number of thiophene rings is 1. The molecule has 0 unspecified atom stereocenters. The summed E-state index contributed by atoms with van der Waals surface area (Å²) in [4.78, 5) is 2.98. The monoisotopic (exact) mass is 318 g/mol. The van der Waals surface area contributed by atoms with Crippen molar-refractivity contribution in [2.75, 3.05) is 26.7 Å². The van der Waals surface area contributed by atoms with E-state index in [9.17, 15) is 8.42 Å². The van der Waals surface area contributed by atoms with Crippen LogP contribution in [0.2, 0.25) is 0 Å². The molecule has 1 aliphatic heterocycles. The third-order valence-electron chi connectivity index (χ3n) is 3.81. The zero-order valence-corrected chi connectivity index (χ0v) is 13.6. The zero-order chi connectivity index (χ0) is 14.8. The quantitative estimate of drug-likeness (QED) is 0.855. The number of nitrogens with one attached hydrogen (secondary N) is 1. The van der Waals surface area contributed by atoms with Crippen molar-refractivity contribution in [2.24, 2.45) is 5.92 Å². The number of piperidine rings is 1. The van der Waals surface area contributed by atoms with Crippen molar-refractivity contribution in [1.29, 1.82) is 0 Å². The highest BCUT2D eigenvalue weighted by Gasteiger charge is 2.22. The predicted molar refractivity (Wildman–Crippen MR) is 80.4 cm³/mol. The normalized spacial score (nSPS) is 18.6. The maximum absolute atomic E-state index is 12.2. The molecule has 1 fully saturated rings. The van der Waals surface area contributed by atoms with Crippen LogP contribution in [0.25, 0.3) is 0 Å². The fraction of sp³-hybridized carbons (Fsp3) is 0.692. The number of hydrogen-bond acceptors (Lipinski definition) is 5. The largest absolute Gasteiger partial charge is 0.391 e. The van der Waals surface area contributed by atoms with Crippen molar-refractivity contribution in [3.05, 3.63) is 16.5 Å². The molecule has 0 spiro atoms. The van der Waals surface area contributed by atoms with Gasteiger partial charge in [-0.05, 0) is 57.5 Å². The van der Waals surface area contributed by atoms with Crippen LogP contribution in [0.15, 0.2) is 10.3 Å². The van der Waals surface area contributed by atoms with Crippen molar-refractivity contribution in [2.45, 2.75) is 30.6 Å². The third kappa shape index (κ3) is 3.79. The summed E-state index contributed by atoms with van der Waals surface area (Å²) in [6.45, 7) is 4.26. The van der Waals surface area contributed by atoms with Crippen molar-refractivity contribution < 1.29 is 13.5 Å². The molecule has 0 aromatic carbocycles. The van der Waals surface area contributed by atoms with Crippen LogP contribution in [0.3, 0.4) is 0 Å². The minimum Gasteiger partial charge on any atom is -0.391 e. The molecule has 2 N–H and O–H groups in total. The number of aryl methyl sites for hydroxylation is 1. The molecular weight excluding hydrogens is 296 g/mol. The highest BCUT2D eigenvalue weighted by Crippen LogP contribution is 2.26. The van der Waals surface area contributed by atoms with Crippen molar-refractivity contribution in [1.82, 2.24) is 9.62 Å². The van der Waals surface area contributed by atoms with Gasteiger partial charge in [-0.3, -0.25) is 0 Å². The first kappa shape index (κ1) is 15.9. The number of hydrogen-bond donors (Lipinski definition) is 2. The average Bonchev–Trinajstić information content (AvgIpc) is 2.80. The topological polar surface area (TPSA) is 69.6 Å². The molecule has 7 heteroatoms. The van der Waals surface area contributed by atoms with Crippen LogP contribution in [0.4, 0.5) is 0 Å². The van der Waals surface area contributed by atoms with Gasteiger partial charge in [0.15, 0.2) is 0 Å². The summed E-state index contributed by atoms with van der Waals surface area (Å²) in [6.07, 6.45) is 2.06. The second kappa shape index (κ2) is 6.53. The Balaban J connectivity index is 1.96. The van der Waals surface area contributed by atoms with Gasteiger partial charge in [0.1, 0.15) is 4.21 Å². The molecule has 5 nitrogen and oxygen atoms in total. The Hall–Kier alpha value is -0.470. The molecule has 1 aromatic heterocycles. The van der Waals surface area contributed by atoms with E-state index in [1.807, 2.05) is 6.92 Å². The number of nitrogens with zero attached hydrogens (tertiary/aromatic N) is 1. The van der Waals surface area contributed by atoms with Gasteiger partial charge in [0, 0.05) is 11.4 Å². The van der Waals surface area contributed by atoms with Gasteiger partial charge >= 0.3 is 0 Å². The molecule has 114 valence electrons. The van der Waals surface area contributed by atoms with E-state index in [-0.39, 0.29) is 6.61 Å². The molecule has 1 saturated heterocycles. The van der Waals surface area contributed by atoms with E-state index in [0.29, 0.717) is 21.5 Å². The Labute approximate surface area is 124 Å². The summed E-state index contributed by atoms with van der Waals surface area (Å²) >= 11 is 1.14. The lowest BCUT2D eigenvalue weighted by Gasteiger charge is -2.28. The third-order valence-corrected chi connectivity index (χ3v) is 6.93. The van der Waals surface area contributed by atoms with Crippen LogP contribution in [0, 0.1) is 12.8 Å². The molecule has 1 aromatic rings. The molecule has 0 bridgehead atoms. The van der Waals surface area contributed by atoms with Gasteiger partial charge in [-0.2, -0.15) is 0 Å². The average molecular weight is 318 g/mol. The van der Waals surface area contributed by atoms with Crippen LogP contribution in [-0.2, 0) is 16.6 Å².